The number of rotatable bonds is 4. The van der Waals surface area contributed by atoms with Gasteiger partial charge < -0.3 is 10.4 Å². The Morgan fingerprint density at radius 1 is 1.08 bits per heavy atom. The lowest BCUT2D eigenvalue weighted by Gasteiger charge is -2.39. The molecule has 1 fully saturated rings. The second-order valence-electron chi connectivity index (χ2n) is 7.71. The van der Waals surface area contributed by atoms with E-state index in [4.69, 9.17) is 0 Å². The normalized spacial score (nSPS) is 29.5. The molecule has 132 valence electrons. The Hall–Kier alpha value is -1.68. The molecule has 4 rings (SSSR count). The zero-order chi connectivity index (χ0) is 17.2. The van der Waals surface area contributed by atoms with Gasteiger partial charge in [0.05, 0.1) is 12.1 Å². The fourth-order valence-electron chi connectivity index (χ4n) is 4.47. The van der Waals surface area contributed by atoms with Gasteiger partial charge in [-0.1, -0.05) is 61.5 Å². The van der Waals surface area contributed by atoms with Crippen LogP contribution in [0.5, 0.6) is 0 Å². The summed E-state index contributed by atoms with van der Waals surface area (Å²) in [5.41, 5.74) is 3.97. The van der Waals surface area contributed by atoms with Gasteiger partial charge >= 0.3 is 0 Å². The van der Waals surface area contributed by atoms with E-state index in [1.54, 1.807) is 0 Å². The molecule has 25 heavy (non-hydrogen) atoms. The molecule has 1 saturated heterocycles. The van der Waals surface area contributed by atoms with Gasteiger partial charge in [-0.05, 0) is 35.6 Å². The summed E-state index contributed by atoms with van der Waals surface area (Å²) < 4.78 is 0. The van der Waals surface area contributed by atoms with Crippen molar-refractivity contribution in [2.45, 2.75) is 44.5 Å². The highest BCUT2D eigenvalue weighted by Gasteiger charge is 2.35. The van der Waals surface area contributed by atoms with Crippen molar-refractivity contribution in [1.29, 1.82) is 0 Å². The van der Waals surface area contributed by atoms with Crippen molar-refractivity contribution in [3.8, 4) is 0 Å². The van der Waals surface area contributed by atoms with Gasteiger partial charge in [-0.2, -0.15) is 0 Å². The van der Waals surface area contributed by atoms with Gasteiger partial charge in [0.2, 0.25) is 0 Å². The lowest BCUT2D eigenvalue weighted by molar-refractivity contribution is 0.0967. The van der Waals surface area contributed by atoms with E-state index in [0.29, 0.717) is 12.0 Å². The Morgan fingerprint density at radius 3 is 2.64 bits per heavy atom. The number of benzene rings is 2. The molecule has 4 atom stereocenters. The van der Waals surface area contributed by atoms with Gasteiger partial charge in [0.1, 0.15) is 0 Å². The van der Waals surface area contributed by atoms with Gasteiger partial charge in [-0.3, -0.25) is 4.90 Å². The van der Waals surface area contributed by atoms with Crippen molar-refractivity contribution >= 4 is 0 Å². The molecule has 0 aromatic heterocycles. The fraction of sp³-hybridized carbons (Fsp3) is 0.455. The summed E-state index contributed by atoms with van der Waals surface area (Å²) in [5, 5.41) is 14.3. The predicted molar refractivity (Wildman–Crippen MR) is 101 cm³/mol. The molecule has 1 aliphatic carbocycles. The first-order valence-electron chi connectivity index (χ1n) is 9.49. The third-order valence-electron chi connectivity index (χ3n) is 5.84. The van der Waals surface area contributed by atoms with Crippen LogP contribution in [-0.4, -0.2) is 35.2 Å². The highest BCUT2D eigenvalue weighted by atomic mass is 16.3. The summed E-state index contributed by atoms with van der Waals surface area (Å²) in [4.78, 5) is 2.55. The zero-order valence-corrected chi connectivity index (χ0v) is 14.9. The molecule has 0 spiro atoms. The number of nitrogens with zero attached hydrogens (tertiary/aromatic N) is 1. The minimum Gasteiger partial charge on any atom is -0.391 e. The highest BCUT2D eigenvalue weighted by Crippen LogP contribution is 2.33. The molecule has 1 aliphatic heterocycles. The molecule has 2 aromatic carbocycles. The number of piperidine rings is 1. The summed E-state index contributed by atoms with van der Waals surface area (Å²) in [6.45, 7) is 5.59. The Balaban J connectivity index is 1.37. The monoisotopic (exact) mass is 336 g/mol. The molecule has 2 aliphatic rings. The average Bonchev–Trinajstić information content (AvgIpc) is 2.94. The minimum absolute atomic E-state index is 0.0873. The number of likely N-dealkylation sites (tertiary alicyclic amines) is 1. The summed E-state index contributed by atoms with van der Waals surface area (Å²) in [6.07, 6.45) is 1.61. The number of fused-ring (bicyclic) bond motifs is 1. The SMILES string of the molecule is CC1CN(Cc2ccccc2)CCC1N[C@@H]1c2ccccc2C[C@@H]1O. The van der Waals surface area contributed by atoms with E-state index in [-0.39, 0.29) is 12.1 Å². The second kappa shape index (κ2) is 7.28. The van der Waals surface area contributed by atoms with Crippen molar-refractivity contribution in [2.75, 3.05) is 13.1 Å². The Bertz CT molecular complexity index is 702. The van der Waals surface area contributed by atoms with E-state index in [1.165, 1.54) is 16.7 Å². The molecule has 0 amide bonds. The maximum Gasteiger partial charge on any atom is 0.0775 e. The van der Waals surface area contributed by atoms with E-state index in [0.717, 1.165) is 32.5 Å². The van der Waals surface area contributed by atoms with Crippen LogP contribution in [0.25, 0.3) is 0 Å². The van der Waals surface area contributed by atoms with Crippen LogP contribution in [0.2, 0.25) is 0 Å². The molecule has 3 heteroatoms. The number of hydrogen-bond acceptors (Lipinski definition) is 3. The third-order valence-corrected chi connectivity index (χ3v) is 5.84. The summed E-state index contributed by atoms with van der Waals surface area (Å²) in [6, 6.07) is 19.7. The summed E-state index contributed by atoms with van der Waals surface area (Å²) in [5.74, 6) is 0.581. The molecular formula is C22H28N2O. The quantitative estimate of drug-likeness (QED) is 0.900. The third kappa shape index (κ3) is 3.64. The smallest absolute Gasteiger partial charge is 0.0775 e. The Labute approximate surface area is 150 Å². The maximum absolute atomic E-state index is 10.5. The van der Waals surface area contributed by atoms with E-state index >= 15 is 0 Å². The molecule has 0 radical (unpaired) electrons. The number of aliphatic hydroxyl groups is 1. The molecule has 2 aromatic rings. The molecule has 0 saturated carbocycles. The molecule has 2 unspecified atom stereocenters. The number of hydrogen-bond donors (Lipinski definition) is 2. The van der Waals surface area contributed by atoms with Gasteiger partial charge in [0.15, 0.2) is 0 Å². The topological polar surface area (TPSA) is 35.5 Å². The first-order chi connectivity index (χ1) is 12.2. The standard InChI is InChI=1S/C22H28N2O/c1-16-14-24(15-17-7-3-2-4-8-17)12-11-20(16)23-22-19-10-6-5-9-18(19)13-21(22)25/h2-10,16,20-23,25H,11-15H2,1H3/t16?,20?,21-,22+/m0/s1. The minimum atomic E-state index is -0.299. The van der Waals surface area contributed by atoms with E-state index in [2.05, 4.69) is 71.7 Å². The lowest BCUT2D eigenvalue weighted by atomic mass is 9.92. The van der Waals surface area contributed by atoms with Crippen LogP contribution in [0.3, 0.4) is 0 Å². The van der Waals surface area contributed by atoms with Crippen molar-refractivity contribution < 1.29 is 5.11 Å². The molecule has 1 heterocycles. The first-order valence-corrected chi connectivity index (χ1v) is 9.49. The second-order valence-corrected chi connectivity index (χ2v) is 7.71. The van der Waals surface area contributed by atoms with Crippen molar-refractivity contribution in [1.82, 2.24) is 10.2 Å². The van der Waals surface area contributed by atoms with Gasteiger partial charge in [-0.25, -0.2) is 0 Å². The Kier molecular flexibility index (Phi) is 4.89. The van der Waals surface area contributed by atoms with Gasteiger partial charge in [0.25, 0.3) is 0 Å². The lowest BCUT2D eigenvalue weighted by Crippen LogP contribution is -2.50. The first kappa shape index (κ1) is 16.8. The van der Waals surface area contributed by atoms with Crippen LogP contribution in [0, 0.1) is 5.92 Å². The average molecular weight is 336 g/mol. The maximum atomic E-state index is 10.5. The fourth-order valence-corrected chi connectivity index (χ4v) is 4.47. The van der Waals surface area contributed by atoms with Crippen molar-refractivity contribution in [2.24, 2.45) is 5.92 Å². The van der Waals surface area contributed by atoms with Crippen LogP contribution >= 0.6 is 0 Å². The van der Waals surface area contributed by atoms with Crippen LogP contribution < -0.4 is 5.32 Å². The number of aliphatic hydroxyl groups excluding tert-OH is 1. The van der Waals surface area contributed by atoms with Gasteiger partial charge in [-0.15, -0.1) is 0 Å². The van der Waals surface area contributed by atoms with Crippen LogP contribution in [0.4, 0.5) is 0 Å². The zero-order valence-electron chi connectivity index (χ0n) is 14.9. The van der Waals surface area contributed by atoms with Crippen molar-refractivity contribution in [3.63, 3.8) is 0 Å². The van der Waals surface area contributed by atoms with E-state index in [1.807, 2.05) is 0 Å². The Morgan fingerprint density at radius 2 is 1.84 bits per heavy atom. The highest BCUT2D eigenvalue weighted by molar-refractivity contribution is 5.36. The van der Waals surface area contributed by atoms with Crippen molar-refractivity contribution in [3.05, 3.63) is 71.3 Å². The van der Waals surface area contributed by atoms with E-state index in [9.17, 15) is 5.11 Å². The van der Waals surface area contributed by atoms with Crippen LogP contribution in [0.1, 0.15) is 36.1 Å². The molecule has 3 nitrogen and oxygen atoms in total. The van der Waals surface area contributed by atoms with E-state index < -0.39 is 0 Å². The molecular weight excluding hydrogens is 308 g/mol. The molecule has 0 bridgehead atoms. The largest absolute Gasteiger partial charge is 0.391 e. The summed E-state index contributed by atoms with van der Waals surface area (Å²) >= 11 is 0. The van der Waals surface area contributed by atoms with Gasteiger partial charge in [0, 0.05) is 25.6 Å². The molecule has 2 N–H and O–H groups in total. The predicted octanol–water partition coefficient (Wildman–Crippen LogP) is 3.14. The van der Waals surface area contributed by atoms with Crippen LogP contribution in [-0.2, 0) is 13.0 Å². The number of nitrogens with one attached hydrogen (secondary N) is 1. The van der Waals surface area contributed by atoms with Crippen LogP contribution in [0.15, 0.2) is 54.6 Å². The summed E-state index contributed by atoms with van der Waals surface area (Å²) in [7, 11) is 0.